The summed E-state index contributed by atoms with van der Waals surface area (Å²) in [6.45, 7) is 10.3. The Hall–Kier alpha value is -1.84. The fourth-order valence-corrected chi connectivity index (χ4v) is 7.80. The first-order valence-corrected chi connectivity index (χ1v) is 15.1. The Morgan fingerprint density at radius 3 is 2.65 bits per heavy atom. The molecule has 40 heavy (non-hydrogen) atoms. The molecule has 2 bridgehead atoms. The van der Waals surface area contributed by atoms with Gasteiger partial charge in [0.2, 0.25) is 0 Å². The molecule has 0 aromatic heterocycles. The molecular formula is C32H44O8. The molecular weight excluding hydrogens is 512 g/mol. The highest BCUT2D eigenvalue weighted by atomic mass is 16.7. The maximum Gasteiger partial charge on any atom is 0.316 e. The number of allylic oxidation sites excluding steroid dienone is 2. The Bertz CT molecular complexity index is 1140. The van der Waals surface area contributed by atoms with Gasteiger partial charge in [-0.15, -0.1) is 0 Å². The van der Waals surface area contributed by atoms with Crippen LogP contribution in [0, 0.1) is 17.8 Å². The molecule has 0 amide bonds. The van der Waals surface area contributed by atoms with Gasteiger partial charge in [0.05, 0.1) is 18.8 Å². The molecule has 11 atom stereocenters. The molecule has 0 radical (unpaired) electrons. The molecule has 8 heteroatoms. The summed E-state index contributed by atoms with van der Waals surface area (Å²) in [6.07, 6.45) is 10.9. The summed E-state index contributed by atoms with van der Waals surface area (Å²) >= 11 is 0. The van der Waals surface area contributed by atoms with Crippen molar-refractivity contribution in [2.45, 2.75) is 127 Å². The van der Waals surface area contributed by atoms with Crippen LogP contribution in [0.15, 0.2) is 35.5 Å². The molecule has 0 aromatic rings. The van der Waals surface area contributed by atoms with Gasteiger partial charge in [0.1, 0.15) is 23.7 Å². The first kappa shape index (κ1) is 28.3. The first-order valence-electron chi connectivity index (χ1n) is 15.1. The van der Waals surface area contributed by atoms with E-state index in [9.17, 15) is 14.7 Å². The quantitative estimate of drug-likeness (QED) is 0.289. The van der Waals surface area contributed by atoms with E-state index in [0.717, 1.165) is 25.7 Å². The van der Waals surface area contributed by atoms with Crippen LogP contribution in [0.25, 0.3) is 0 Å². The number of rotatable bonds is 1. The molecule has 0 saturated carbocycles. The lowest BCUT2D eigenvalue weighted by Gasteiger charge is -2.49. The number of hydrogen-bond acceptors (Lipinski definition) is 8. The Morgan fingerprint density at radius 2 is 1.88 bits per heavy atom. The topological polar surface area (TPSA) is 104 Å². The lowest BCUT2D eigenvalue weighted by Crippen LogP contribution is -2.62. The number of carbonyl (C=O) groups excluding carboxylic acids is 2. The molecule has 6 rings (SSSR count). The second kappa shape index (κ2) is 10.2. The summed E-state index contributed by atoms with van der Waals surface area (Å²) in [5.74, 6) is -2.09. The standard InChI is InChI=1S/C32H44O8/c1-6-25-20(4)11-12-30(39-25)16-23-15-22(38-30)9-7-18(2)13-19(3)8-10-26-31(40-26)17-36-28-27(33)21(5)14-24(29(34)37-23)32(28,31)35/h7-8,10,14,19-20,22-26,28,35H,6,9,11-13,15-17H2,1-5H3/b10-8-,18-7-/t19-,20-,22+,23-,24-,25+,26-,28+,30+,31+,32+/m0/s1. The Balaban J connectivity index is 1.36. The highest BCUT2D eigenvalue weighted by Crippen LogP contribution is 2.58. The third-order valence-corrected chi connectivity index (χ3v) is 10.2. The SMILES string of the molecule is CC[C@H]1O[C@]2(CC[C@@H]1C)C[C@@H]1C[C@@H](C/C=C(/C)C[C@@H](C)/C=C\[C@@H]3O[C@]34CO[C@@H]3C(=O)C(C)=C[C@@H](C(=O)O1)[C@@]34O)O2. The van der Waals surface area contributed by atoms with E-state index < -0.39 is 47.2 Å². The molecule has 5 heterocycles. The number of esters is 1. The number of aliphatic hydroxyl groups is 1. The minimum absolute atomic E-state index is 0.0417. The third-order valence-electron chi connectivity index (χ3n) is 10.2. The van der Waals surface area contributed by atoms with Crippen LogP contribution < -0.4 is 0 Å². The molecule has 0 unspecified atom stereocenters. The van der Waals surface area contributed by atoms with Crippen molar-refractivity contribution in [3.63, 3.8) is 0 Å². The number of Topliss-reactive ketones (excluding diaryl/α,β-unsaturated/α-hetero) is 1. The Morgan fingerprint density at radius 1 is 1.07 bits per heavy atom. The molecule has 4 saturated heterocycles. The fraction of sp³-hybridized carbons (Fsp3) is 0.750. The average molecular weight is 557 g/mol. The van der Waals surface area contributed by atoms with Crippen LogP contribution in [-0.4, -0.2) is 71.0 Å². The van der Waals surface area contributed by atoms with Gasteiger partial charge in [0.15, 0.2) is 23.3 Å². The molecule has 0 aromatic carbocycles. The number of epoxide rings is 1. The van der Waals surface area contributed by atoms with Crippen molar-refractivity contribution in [1.82, 2.24) is 0 Å². The van der Waals surface area contributed by atoms with Crippen LogP contribution in [-0.2, 0) is 33.3 Å². The van der Waals surface area contributed by atoms with Crippen LogP contribution >= 0.6 is 0 Å². The van der Waals surface area contributed by atoms with Crippen molar-refractivity contribution in [2.75, 3.05) is 6.61 Å². The zero-order valence-electron chi connectivity index (χ0n) is 24.4. The molecule has 4 fully saturated rings. The number of hydrogen-bond donors (Lipinski definition) is 1. The third kappa shape index (κ3) is 4.55. The van der Waals surface area contributed by atoms with Crippen molar-refractivity contribution in [3.05, 3.63) is 35.5 Å². The Kier molecular flexibility index (Phi) is 7.18. The summed E-state index contributed by atoms with van der Waals surface area (Å²) in [7, 11) is 0. The van der Waals surface area contributed by atoms with Crippen molar-refractivity contribution >= 4 is 11.8 Å². The second-order valence-corrected chi connectivity index (χ2v) is 13.2. The summed E-state index contributed by atoms with van der Waals surface area (Å²) in [5.41, 5.74) is -1.36. The van der Waals surface area contributed by atoms with Gasteiger partial charge in [-0.1, -0.05) is 50.6 Å². The molecule has 8 nitrogen and oxygen atoms in total. The van der Waals surface area contributed by atoms with E-state index in [1.165, 1.54) is 5.57 Å². The smallest absolute Gasteiger partial charge is 0.316 e. The minimum Gasteiger partial charge on any atom is -0.462 e. The summed E-state index contributed by atoms with van der Waals surface area (Å²) in [4.78, 5) is 27.1. The highest BCUT2D eigenvalue weighted by Gasteiger charge is 2.80. The first-order chi connectivity index (χ1) is 19.0. The maximum atomic E-state index is 14.0. The van der Waals surface area contributed by atoms with E-state index >= 15 is 0 Å². The lowest BCUT2D eigenvalue weighted by molar-refractivity contribution is -0.335. The summed E-state index contributed by atoms with van der Waals surface area (Å²) < 4.78 is 31.5. The predicted octanol–water partition coefficient (Wildman–Crippen LogP) is 4.34. The molecule has 5 aliphatic heterocycles. The molecule has 1 aliphatic carbocycles. The van der Waals surface area contributed by atoms with Crippen LogP contribution in [0.5, 0.6) is 0 Å². The van der Waals surface area contributed by atoms with E-state index in [0.29, 0.717) is 30.8 Å². The van der Waals surface area contributed by atoms with E-state index in [1.807, 2.05) is 6.08 Å². The van der Waals surface area contributed by atoms with Gasteiger partial charge in [-0.2, -0.15) is 0 Å². The van der Waals surface area contributed by atoms with Crippen LogP contribution in [0.1, 0.15) is 79.6 Å². The number of ether oxygens (including phenoxy) is 5. The molecule has 2 spiro atoms. The average Bonchev–Trinajstić information content (AvgIpc) is 3.55. The number of ketones is 1. The van der Waals surface area contributed by atoms with Gasteiger partial charge in [-0.25, -0.2) is 0 Å². The van der Waals surface area contributed by atoms with Crippen LogP contribution in [0.3, 0.4) is 0 Å². The minimum atomic E-state index is -1.85. The van der Waals surface area contributed by atoms with Gasteiger partial charge < -0.3 is 28.8 Å². The lowest BCUT2D eigenvalue weighted by atomic mass is 9.67. The largest absolute Gasteiger partial charge is 0.462 e. The van der Waals surface area contributed by atoms with Gasteiger partial charge >= 0.3 is 5.97 Å². The fourth-order valence-electron chi connectivity index (χ4n) is 7.80. The Labute approximate surface area is 237 Å². The normalized spacial score (nSPS) is 51.1. The molecule has 220 valence electrons. The van der Waals surface area contributed by atoms with Crippen LogP contribution in [0.4, 0.5) is 0 Å². The summed E-state index contributed by atoms with van der Waals surface area (Å²) in [6, 6.07) is 0. The van der Waals surface area contributed by atoms with Crippen molar-refractivity contribution in [1.29, 1.82) is 0 Å². The van der Waals surface area contributed by atoms with E-state index in [2.05, 4.69) is 39.8 Å². The van der Waals surface area contributed by atoms with Gasteiger partial charge in [-0.05, 0) is 56.9 Å². The predicted molar refractivity (Wildman–Crippen MR) is 146 cm³/mol. The zero-order valence-corrected chi connectivity index (χ0v) is 24.4. The zero-order chi connectivity index (χ0) is 28.4. The number of fused-ring (bicyclic) bond motifs is 2. The summed E-state index contributed by atoms with van der Waals surface area (Å²) in [5, 5.41) is 12.2. The van der Waals surface area contributed by atoms with Crippen LogP contribution in [0.2, 0.25) is 0 Å². The van der Waals surface area contributed by atoms with Crippen molar-refractivity contribution in [2.24, 2.45) is 17.8 Å². The maximum absolute atomic E-state index is 14.0. The second-order valence-electron chi connectivity index (χ2n) is 13.2. The van der Waals surface area contributed by atoms with E-state index in [-0.39, 0.29) is 30.5 Å². The van der Waals surface area contributed by atoms with E-state index in [4.69, 9.17) is 23.7 Å². The van der Waals surface area contributed by atoms with Crippen molar-refractivity contribution < 1.29 is 38.4 Å². The number of carbonyl (C=O) groups is 2. The molecule has 1 N–H and O–H groups in total. The van der Waals surface area contributed by atoms with Gasteiger partial charge in [0.25, 0.3) is 0 Å². The highest BCUT2D eigenvalue weighted by molar-refractivity contribution is 6.03. The molecule has 6 aliphatic rings. The van der Waals surface area contributed by atoms with Gasteiger partial charge in [-0.3, -0.25) is 9.59 Å². The van der Waals surface area contributed by atoms with Gasteiger partial charge in [0, 0.05) is 19.3 Å². The monoisotopic (exact) mass is 556 g/mol. The van der Waals surface area contributed by atoms with E-state index in [1.54, 1.807) is 13.0 Å². The van der Waals surface area contributed by atoms with Crippen molar-refractivity contribution in [3.8, 4) is 0 Å².